The predicted molar refractivity (Wildman–Crippen MR) is 49.9 cm³/mol. The van der Waals surface area contributed by atoms with E-state index in [1.807, 2.05) is 0 Å². The number of aromatic nitrogens is 2. The Balaban J connectivity index is 2.71. The van der Waals surface area contributed by atoms with Gasteiger partial charge in [0, 0.05) is 0 Å². The second kappa shape index (κ2) is 4.19. The number of hydrogen-bond donors (Lipinski definition) is 1. The Kier molecular flexibility index (Phi) is 3.19. The van der Waals surface area contributed by atoms with Crippen molar-refractivity contribution in [3.8, 4) is 0 Å². The minimum Gasteiger partial charge on any atom is -0.393 e. The van der Waals surface area contributed by atoms with E-state index in [-0.39, 0.29) is 5.82 Å². The summed E-state index contributed by atoms with van der Waals surface area (Å²) in [6.07, 6.45) is 1.73. The third kappa shape index (κ3) is 2.53. The number of nitro groups is 1. The molecule has 0 aliphatic carbocycles. The number of hydrogen-bond acceptors (Lipinski definition) is 4. The van der Waals surface area contributed by atoms with Gasteiger partial charge in [-0.05, 0) is 25.2 Å². The van der Waals surface area contributed by atoms with Crippen LogP contribution in [0.2, 0.25) is 0 Å². The Bertz CT molecular complexity index is 333. The van der Waals surface area contributed by atoms with E-state index in [0.29, 0.717) is 18.5 Å². The zero-order chi connectivity index (χ0) is 10.7. The summed E-state index contributed by atoms with van der Waals surface area (Å²) in [5, 5.41) is 23.3. The summed E-state index contributed by atoms with van der Waals surface area (Å²) in [6.45, 7) is 3.81. The maximum Gasteiger partial charge on any atom is 0.392 e. The molecular weight excluding hydrogens is 186 g/mol. The zero-order valence-corrected chi connectivity index (χ0v) is 8.17. The summed E-state index contributed by atoms with van der Waals surface area (Å²) in [5.74, 6) is -0.115. The van der Waals surface area contributed by atoms with E-state index >= 15 is 0 Å². The van der Waals surface area contributed by atoms with E-state index in [2.05, 4.69) is 5.10 Å². The lowest BCUT2D eigenvalue weighted by molar-refractivity contribution is -0.390. The summed E-state index contributed by atoms with van der Waals surface area (Å²) >= 11 is 0. The molecule has 0 aliphatic rings. The molecule has 0 saturated heterocycles. The molecule has 14 heavy (non-hydrogen) atoms. The fourth-order valence-corrected chi connectivity index (χ4v) is 1.12. The van der Waals surface area contributed by atoms with E-state index in [9.17, 15) is 10.1 Å². The standard InChI is InChI=1S/C8H13N3O3/c1-6-5-10(4-3-7(2)12)9-8(6)11(13)14/h5,7,12H,3-4H2,1-2H3. The lowest BCUT2D eigenvalue weighted by Crippen LogP contribution is -2.07. The second-order valence-corrected chi connectivity index (χ2v) is 3.29. The number of nitrogens with zero attached hydrogens (tertiary/aromatic N) is 3. The summed E-state index contributed by atoms with van der Waals surface area (Å²) in [4.78, 5) is 9.95. The molecule has 0 radical (unpaired) electrons. The van der Waals surface area contributed by atoms with Crippen LogP contribution in [-0.4, -0.2) is 25.9 Å². The first-order valence-corrected chi connectivity index (χ1v) is 4.37. The summed E-state index contributed by atoms with van der Waals surface area (Å²) in [7, 11) is 0. The van der Waals surface area contributed by atoms with Crippen LogP contribution >= 0.6 is 0 Å². The molecule has 0 aliphatic heterocycles. The molecule has 1 N–H and O–H groups in total. The van der Waals surface area contributed by atoms with Gasteiger partial charge in [-0.15, -0.1) is 0 Å². The van der Waals surface area contributed by atoms with Crippen molar-refractivity contribution in [1.82, 2.24) is 9.78 Å². The van der Waals surface area contributed by atoms with Crippen molar-refractivity contribution in [2.24, 2.45) is 0 Å². The molecule has 1 aromatic heterocycles. The van der Waals surface area contributed by atoms with Crippen LogP contribution < -0.4 is 0 Å². The van der Waals surface area contributed by atoms with Gasteiger partial charge in [-0.1, -0.05) is 0 Å². The van der Waals surface area contributed by atoms with Crippen molar-refractivity contribution in [3.05, 3.63) is 21.9 Å². The quantitative estimate of drug-likeness (QED) is 0.576. The number of rotatable bonds is 4. The highest BCUT2D eigenvalue weighted by molar-refractivity contribution is 5.27. The molecule has 1 atom stereocenters. The highest BCUT2D eigenvalue weighted by Crippen LogP contribution is 2.14. The van der Waals surface area contributed by atoms with Crippen LogP contribution in [0.4, 0.5) is 5.82 Å². The van der Waals surface area contributed by atoms with Crippen molar-refractivity contribution in [1.29, 1.82) is 0 Å². The molecular formula is C8H13N3O3. The molecule has 0 saturated carbocycles. The highest BCUT2D eigenvalue weighted by Gasteiger charge is 2.16. The Morgan fingerprint density at radius 3 is 2.86 bits per heavy atom. The molecule has 0 aromatic carbocycles. The highest BCUT2D eigenvalue weighted by atomic mass is 16.6. The van der Waals surface area contributed by atoms with Crippen molar-refractivity contribution >= 4 is 5.82 Å². The number of aryl methyl sites for hydroxylation is 2. The maximum absolute atomic E-state index is 10.5. The molecule has 0 fully saturated rings. The summed E-state index contributed by atoms with van der Waals surface area (Å²) in [6, 6.07) is 0. The average molecular weight is 199 g/mol. The predicted octanol–water partition coefficient (Wildman–Crippen LogP) is 0.871. The summed E-state index contributed by atoms with van der Waals surface area (Å²) < 4.78 is 1.49. The van der Waals surface area contributed by atoms with Crippen LogP contribution in [0.3, 0.4) is 0 Å². The van der Waals surface area contributed by atoms with Gasteiger partial charge >= 0.3 is 5.82 Å². The van der Waals surface area contributed by atoms with E-state index < -0.39 is 11.0 Å². The van der Waals surface area contributed by atoms with Crippen molar-refractivity contribution < 1.29 is 10.0 Å². The van der Waals surface area contributed by atoms with Gasteiger partial charge in [0.05, 0.1) is 29.5 Å². The lowest BCUT2D eigenvalue weighted by Gasteiger charge is -1.99. The molecule has 1 rings (SSSR count). The molecule has 0 bridgehead atoms. The average Bonchev–Trinajstić information content (AvgIpc) is 2.43. The van der Waals surface area contributed by atoms with Crippen LogP contribution in [0.15, 0.2) is 6.20 Å². The normalized spacial score (nSPS) is 12.8. The fraction of sp³-hybridized carbons (Fsp3) is 0.625. The molecule has 6 nitrogen and oxygen atoms in total. The van der Waals surface area contributed by atoms with E-state index in [4.69, 9.17) is 5.11 Å². The van der Waals surface area contributed by atoms with Gasteiger partial charge in [-0.25, -0.2) is 0 Å². The molecule has 0 amide bonds. The monoisotopic (exact) mass is 199 g/mol. The van der Waals surface area contributed by atoms with Gasteiger partial charge in [0.15, 0.2) is 0 Å². The van der Waals surface area contributed by atoms with Crippen LogP contribution in [-0.2, 0) is 6.54 Å². The van der Waals surface area contributed by atoms with Crippen molar-refractivity contribution in [3.63, 3.8) is 0 Å². The third-order valence-corrected chi connectivity index (χ3v) is 1.87. The molecule has 1 aromatic rings. The Morgan fingerprint density at radius 1 is 1.79 bits per heavy atom. The molecule has 78 valence electrons. The first-order valence-electron chi connectivity index (χ1n) is 4.37. The Morgan fingerprint density at radius 2 is 2.43 bits per heavy atom. The zero-order valence-electron chi connectivity index (χ0n) is 8.17. The van der Waals surface area contributed by atoms with Gasteiger partial charge in [0.25, 0.3) is 0 Å². The number of aliphatic hydroxyl groups excluding tert-OH is 1. The van der Waals surface area contributed by atoms with Crippen LogP contribution in [0.5, 0.6) is 0 Å². The summed E-state index contributed by atoms with van der Waals surface area (Å²) in [5.41, 5.74) is 0.542. The Labute approximate surface area is 81.3 Å². The topological polar surface area (TPSA) is 81.2 Å². The van der Waals surface area contributed by atoms with Crippen molar-refractivity contribution in [2.45, 2.75) is 32.9 Å². The van der Waals surface area contributed by atoms with Crippen molar-refractivity contribution in [2.75, 3.05) is 0 Å². The van der Waals surface area contributed by atoms with Gasteiger partial charge in [-0.2, -0.15) is 4.68 Å². The van der Waals surface area contributed by atoms with E-state index in [1.54, 1.807) is 20.0 Å². The van der Waals surface area contributed by atoms with E-state index in [1.165, 1.54) is 4.68 Å². The SMILES string of the molecule is Cc1cn(CCC(C)O)nc1[N+](=O)[O-]. The van der Waals surface area contributed by atoms with Gasteiger partial charge in [0.1, 0.15) is 0 Å². The van der Waals surface area contributed by atoms with Crippen LogP contribution in [0, 0.1) is 17.0 Å². The minimum absolute atomic E-state index is 0.115. The third-order valence-electron chi connectivity index (χ3n) is 1.87. The maximum atomic E-state index is 10.5. The fourth-order valence-electron chi connectivity index (χ4n) is 1.12. The first kappa shape index (κ1) is 10.6. The molecule has 6 heteroatoms. The van der Waals surface area contributed by atoms with Gasteiger partial charge in [0.2, 0.25) is 0 Å². The van der Waals surface area contributed by atoms with E-state index in [0.717, 1.165) is 0 Å². The Hall–Kier alpha value is -1.43. The molecule has 0 spiro atoms. The van der Waals surface area contributed by atoms with Crippen LogP contribution in [0.1, 0.15) is 18.9 Å². The van der Waals surface area contributed by atoms with Gasteiger partial charge < -0.3 is 15.2 Å². The molecule has 1 heterocycles. The largest absolute Gasteiger partial charge is 0.393 e. The minimum atomic E-state index is -0.506. The lowest BCUT2D eigenvalue weighted by atomic mass is 10.3. The number of aliphatic hydroxyl groups is 1. The molecule has 1 unspecified atom stereocenters. The first-order chi connectivity index (χ1) is 6.50. The van der Waals surface area contributed by atoms with Gasteiger partial charge in [-0.3, -0.25) is 0 Å². The smallest absolute Gasteiger partial charge is 0.392 e. The van der Waals surface area contributed by atoms with Crippen LogP contribution in [0.25, 0.3) is 0 Å². The second-order valence-electron chi connectivity index (χ2n) is 3.29.